The van der Waals surface area contributed by atoms with Crippen LogP contribution in [0.25, 0.3) is 6.08 Å². The molecule has 1 aliphatic rings. The molecule has 28 heavy (non-hydrogen) atoms. The second-order valence-corrected chi connectivity index (χ2v) is 6.38. The molecule has 3 rings (SSSR count). The lowest BCUT2D eigenvalue weighted by Crippen LogP contribution is -2.39. The third-order valence-electron chi connectivity index (χ3n) is 4.39. The number of alkyl halides is 3. The van der Waals surface area contributed by atoms with Crippen molar-refractivity contribution in [2.75, 3.05) is 13.1 Å². The van der Waals surface area contributed by atoms with Crippen LogP contribution in [0.5, 0.6) is 0 Å². The molecule has 0 spiro atoms. The van der Waals surface area contributed by atoms with Crippen LogP contribution in [0.4, 0.5) is 13.2 Å². The predicted octanol–water partition coefficient (Wildman–Crippen LogP) is 2.46. The van der Waals surface area contributed by atoms with Crippen LogP contribution in [-0.4, -0.2) is 39.4 Å². The van der Waals surface area contributed by atoms with Gasteiger partial charge >= 0.3 is 6.18 Å². The molecule has 0 fully saturated rings. The smallest absolute Gasteiger partial charge is 0.343 e. The Kier molecular flexibility index (Phi) is 5.81. The lowest BCUT2D eigenvalue weighted by molar-refractivity contribution is -0.137. The zero-order valence-corrected chi connectivity index (χ0v) is 14.9. The minimum atomic E-state index is -4.40. The number of benzene rings is 1. The molecule has 0 unspecified atom stereocenters. The van der Waals surface area contributed by atoms with Gasteiger partial charge in [0.1, 0.15) is 5.82 Å². The number of carbonyl (C=O) groups excluding carboxylic acids is 2. The summed E-state index contributed by atoms with van der Waals surface area (Å²) in [5.74, 6) is 0.0941. The second-order valence-electron chi connectivity index (χ2n) is 6.38. The summed E-state index contributed by atoms with van der Waals surface area (Å²) in [6.07, 6.45) is 2.54. The minimum Gasteiger partial charge on any atom is -0.343 e. The summed E-state index contributed by atoms with van der Waals surface area (Å²) in [5, 5.41) is 2.50. The van der Waals surface area contributed by atoms with Crippen LogP contribution in [0.1, 0.15) is 23.4 Å². The molecule has 1 aromatic heterocycles. The molecule has 0 atom stereocenters. The summed E-state index contributed by atoms with van der Waals surface area (Å²) in [5.41, 5.74) is -0.299. The van der Waals surface area contributed by atoms with Gasteiger partial charge in [0.2, 0.25) is 11.8 Å². The first-order valence-corrected chi connectivity index (χ1v) is 8.74. The van der Waals surface area contributed by atoms with Crippen molar-refractivity contribution in [1.29, 1.82) is 0 Å². The molecule has 9 heteroatoms. The van der Waals surface area contributed by atoms with E-state index in [2.05, 4.69) is 10.3 Å². The minimum absolute atomic E-state index is 0.156. The van der Waals surface area contributed by atoms with Gasteiger partial charge in [-0.3, -0.25) is 9.59 Å². The first-order chi connectivity index (χ1) is 13.3. The summed E-state index contributed by atoms with van der Waals surface area (Å²) >= 11 is 0. The molecule has 0 bridgehead atoms. The van der Waals surface area contributed by atoms with Gasteiger partial charge < -0.3 is 14.8 Å². The molecule has 0 radical (unpaired) electrons. The van der Waals surface area contributed by atoms with E-state index >= 15 is 0 Å². The standard InChI is InChI=1S/C19H19F3N4O2/c20-19(21,22)15-5-2-14(3-6-15)4-7-17(27)24-12-18(28)26-10-1-9-25-11-8-23-16(25)13-26/h2-8,11H,1,9-10,12-13H2,(H,24,27)/b7-4+. The van der Waals surface area contributed by atoms with Crippen LogP contribution in [0.15, 0.2) is 42.7 Å². The number of rotatable bonds is 4. The fourth-order valence-electron chi connectivity index (χ4n) is 2.88. The zero-order valence-electron chi connectivity index (χ0n) is 14.9. The average molecular weight is 392 g/mol. The Labute approximate surface area is 159 Å². The van der Waals surface area contributed by atoms with Crippen LogP contribution in [-0.2, 0) is 28.9 Å². The van der Waals surface area contributed by atoms with E-state index in [4.69, 9.17) is 0 Å². The Hall–Kier alpha value is -3.10. The fraction of sp³-hybridized carbons (Fsp3) is 0.316. The van der Waals surface area contributed by atoms with E-state index in [0.717, 1.165) is 30.9 Å². The summed E-state index contributed by atoms with van der Waals surface area (Å²) in [6.45, 7) is 1.61. The van der Waals surface area contributed by atoms with E-state index in [9.17, 15) is 22.8 Å². The van der Waals surface area contributed by atoms with E-state index in [-0.39, 0.29) is 12.5 Å². The van der Waals surface area contributed by atoms with Crippen LogP contribution in [0.2, 0.25) is 0 Å². The molecule has 0 saturated carbocycles. The Morgan fingerprint density at radius 2 is 1.93 bits per heavy atom. The van der Waals surface area contributed by atoms with Gasteiger partial charge in [0.15, 0.2) is 0 Å². The largest absolute Gasteiger partial charge is 0.416 e. The van der Waals surface area contributed by atoms with Crippen LogP contribution >= 0.6 is 0 Å². The van der Waals surface area contributed by atoms with Gasteiger partial charge in [-0.2, -0.15) is 13.2 Å². The van der Waals surface area contributed by atoms with Gasteiger partial charge in [0.05, 0.1) is 18.7 Å². The summed E-state index contributed by atoms with van der Waals surface area (Å²) in [4.78, 5) is 30.1. The lowest BCUT2D eigenvalue weighted by atomic mass is 10.1. The van der Waals surface area contributed by atoms with Crippen molar-refractivity contribution in [3.05, 3.63) is 59.7 Å². The molecule has 2 aromatic rings. The number of aromatic nitrogens is 2. The fourth-order valence-corrected chi connectivity index (χ4v) is 2.88. The molecular weight excluding hydrogens is 373 g/mol. The monoisotopic (exact) mass is 392 g/mol. The summed E-state index contributed by atoms with van der Waals surface area (Å²) in [7, 11) is 0. The van der Waals surface area contributed by atoms with Gasteiger partial charge in [-0.15, -0.1) is 0 Å². The molecule has 1 N–H and O–H groups in total. The van der Waals surface area contributed by atoms with E-state index in [0.29, 0.717) is 18.7 Å². The zero-order chi connectivity index (χ0) is 20.1. The molecule has 148 valence electrons. The third-order valence-corrected chi connectivity index (χ3v) is 4.39. The van der Waals surface area contributed by atoms with Crippen molar-refractivity contribution >= 4 is 17.9 Å². The number of nitrogens with zero attached hydrogens (tertiary/aromatic N) is 3. The molecule has 1 aliphatic heterocycles. The van der Waals surface area contributed by atoms with Gasteiger partial charge in [-0.25, -0.2) is 4.98 Å². The Morgan fingerprint density at radius 3 is 2.64 bits per heavy atom. The SMILES string of the molecule is O=C(/C=C/c1ccc(C(F)(F)F)cc1)NCC(=O)N1CCCn2ccnc2C1. The lowest BCUT2D eigenvalue weighted by Gasteiger charge is -2.19. The van der Waals surface area contributed by atoms with Crippen molar-refractivity contribution in [2.45, 2.75) is 25.7 Å². The highest BCUT2D eigenvalue weighted by atomic mass is 19.4. The van der Waals surface area contributed by atoms with E-state index in [1.165, 1.54) is 24.3 Å². The highest BCUT2D eigenvalue weighted by molar-refractivity contribution is 5.94. The Morgan fingerprint density at radius 1 is 1.18 bits per heavy atom. The number of hydrogen-bond acceptors (Lipinski definition) is 3. The maximum absolute atomic E-state index is 12.5. The number of fused-ring (bicyclic) bond motifs is 1. The van der Waals surface area contributed by atoms with Crippen molar-refractivity contribution in [1.82, 2.24) is 19.8 Å². The summed E-state index contributed by atoms with van der Waals surface area (Å²) < 4.78 is 39.6. The number of nitrogens with one attached hydrogen (secondary N) is 1. The normalized spacial score (nSPS) is 14.6. The highest BCUT2D eigenvalue weighted by Gasteiger charge is 2.29. The van der Waals surface area contributed by atoms with Crippen molar-refractivity contribution in [2.24, 2.45) is 0 Å². The van der Waals surface area contributed by atoms with Gasteiger partial charge in [-0.1, -0.05) is 12.1 Å². The quantitative estimate of drug-likeness (QED) is 0.813. The van der Waals surface area contributed by atoms with E-state index in [1.807, 2.05) is 10.8 Å². The maximum Gasteiger partial charge on any atom is 0.416 e. The number of amides is 2. The average Bonchev–Trinajstić information content (AvgIpc) is 3.00. The molecular formula is C19H19F3N4O2. The molecule has 2 heterocycles. The van der Waals surface area contributed by atoms with Crippen LogP contribution in [0, 0.1) is 0 Å². The van der Waals surface area contributed by atoms with E-state index < -0.39 is 17.6 Å². The predicted molar refractivity (Wildman–Crippen MR) is 95.7 cm³/mol. The van der Waals surface area contributed by atoms with Gasteiger partial charge in [0.25, 0.3) is 0 Å². The first-order valence-electron chi connectivity index (χ1n) is 8.74. The third kappa shape index (κ3) is 4.99. The van der Waals surface area contributed by atoms with Crippen molar-refractivity contribution < 1.29 is 22.8 Å². The van der Waals surface area contributed by atoms with Crippen LogP contribution < -0.4 is 5.32 Å². The first kappa shape index (κ1) is 19.7. The molecule has 0 aliphatic carbocycles. The highest BCUT2D eigenvalue weighted by Crippen LogP contribution is 2.29. The Bertz CT molecular complexity index is 872. The number of halogens is 3. The maximum atomic E-state index is 12.5. The number of imidazole rings is 1. The van der Waals surface area contributed by atoms with E-state index in [1.54, 1.807) is 11.1 Å². The van der Waals surface area contributed by atoms with Crippen molar-refractivity contribution in [3.8, 4) is 0 Å². The number of hydrogen-bond donors (Lipinski definition) is 1. The number of carbonyl (C=O) groups is 2. The molecule has 1 aromatic carbocycles. The molecule has 2 amide bonds. The second kappa shape index (κ2) is 8.28. The molecule has 6 nitrogen and oxygen atoms in total. The number of aryl methyl sites for hydroxylation is 1. The Balaban J connectivity index is 1.50. The van der Waals surface area contributed by atoms with Crippen molar-refractivity contribution in [3.63, 3.8) is 0 Å². The summed E-state index contributed by atoms with van der Waals surface area (Å²) in [6, 6.07) is 4.45. The van der Waals surface area contributed by atoms with Gasteiger partial charge in [0, 0.05) is 31.6 Å². The van der Waals surface area contributed by atoms with Gasteiger partial charge in [-0.05, 0) is 30.2 Å². The van der Waals surface area contributed by atoms with Crippen LogP contribution in [0.3, 0.4) is 0 Å². The molecule has 0 saturated heterocycles. The topological polar surface area (TPSA) is 67.2 Å².